The molecule has 0 fully saturated rings. The van der Waals surface area contributed by atoms with Gasteiger partial charge >= 0.3 is 11.1 Å². The predicted octanol–water partition coefficient (Wildman–Crippen LogP) is -0.292. The van der Waals surface area contributed by atoms with Crippen LogP contribution in [0.4, 0.5) is 0 Å². The van der Waals surface area contributed by atoms with Crippen LogP contribution in [0.3, 0.4) is 0 Å². The molecule has 0 spiro atoms. The molecule has 0 aliphatic rings. The van der Waals surface area contributed by atoms with E-state index < -0.39 is 17.2 Å². The highest BCUT2D eigenvalue weighted by atomic mass is 16.3. The van der Waals surface area contributed by atoms with E-state index in [9.17, 15) is 14.7 Å². The zero-order valence-corrected chi connectivity index (χ0v) is 9.01. The fourth-order valence-corrected chi connectivity index (χ4v) is 1.38. The summed E-state index contributed by atoms with van der Waals surface area (Å²) in [5.41, 5.74) is -1.16. The lowest BCUT2D eigenvalue weighted by Crippen LogP contribution is -2.41. The molecule has 84 valence electrons. The van der Waals surface area contributed by atoms with Crippen molar-refractivity contribution in [1.82, 2.24) is 9.13 Å². The number of nitrogens with zero attached hydrogens (tertiary/aromatic N) is 2. The second-order valence-electron chi connectivity index (χ2n) is 3.61. The van der Waals surface area contributed by atoms with E-state index in [2.05, 4.69) is 0 Å². The Hall–Kier alpha value is -1.36. The molecule has 5 nitrogen and oxygen atoms in total. The average Bonchev–Trinajstić information content (AvgIpc) is 2.20. The third-order valence-corrected chi connectivity index (χ3v) is 2.26. The van der Waals surface area contributed by atoms with Crippen molar-refractivity contribution in [2.45, 2.75) is 32.4 Å². The van der Waals surface area contributed by atoms with Gasteiger partial charge in [-0.1, -0.05) is 13.3 Å². The Balaban J connectivity index is 2.93. The van der Waals surface area contributed by atoms with Gasteiger partial charge in [-0.2, -0.15) is 0 Å². The lowest BCUT2D eigenvalue weighted by atomic mass is 10.2. The Morgan fingerprint density at radius 1 is 1.33 bits per heavy atom. The van der Waals surface area contributed by atoms with Gasteiger partial charge in [-0.3, -0.25) is 9.59 Å². The van der Waals surface area contributed by atoms with Crippen LogP contribution in [-0.4, -0.2) is 20.3 Å². The quantitative estimate of drug-likeness (QED) is 0.697. The maximum Gasteiger partial charge on any atom is 0.316 e. The second-order valence-corrected chi connectivity index (χ2v) is 3.61. The molecule has 0 bridgehead atoms. The van der Waals surface area contributed by atoms with Gasteiger partial charge in [0.2, 0.25) is 0 Å². The molecule has 1 rings (SSSR count). The average molecular weight is 212 g/mol. The summed E-state index contributed by atoms with van der Waals surface area (Å²) < 4.78 is 2.48. The van der Waals surface area contributed by atoms with Crippen molar-refractivity contribution in [2.24, 2.45) is 7.05 Å². The fraction of sp³-hybridized carbons (Fsp3) is 0.600. The lowest BCUT2D eigenvalue weighted by Gasteiger charge is -2.11. The zero-order chi connectivity index (χ0) is 11.4. The van der Waals surface area contributed by atoms with E-state index in [4.69, 9.17) is 0 Å². The molecule has 1 aromatic heterocycles. The van der Waals surface area contributed by atoms with Crippen molar-refractivity contribution in [3.63, 3.8) is 0 Å². The summed E-state index contributed by atoms with van der Waals surface area (Å²) in [6.07, 6.45) is 3.94. The van der Waals surface area contributed by atoms with Crippen LogP contribution in [0.2, 0.25) is 0 Å². The van der Waals surface area contributed by atoms with Crippen LogP contribution in [0.1, 0.15) is 19.8 Å². The second kappa shape index (κ2) is 4.93. The molecular formula is C10H16N2O3. The fourth-order valence-electron chi connectivity index (χ4n) is 1.38. The molecular weight excluding hydrogens is 196 g/mol. The van der Waals surface area contributed by atoms with Crippen molar-refractivity contribution in [3.8, 4) is 0 Å². The molecule has 0 saturated heterocycles. The van der Waals surface area contributed by atoms with E-state index in [1.807, 2.05) is 6.92 Å². The van der Waals surface area contributed by atoms with E-state index in [0.29, 0.717) is 6.42 Å². The van der Waals surface area contributed by atoms with Crippen molar-refractivity contribution in [3.05, 3.63) is 33.1 Å². The Morgan fingerprint density at radius 2 is 2.00 bits per heavy atom. The maximum atomic E-state index is 11.4. The molecule has 15 heavy (non-hydrogen) atoms. The smallest absolute Gasteiger partial charge is 0.316 e. The van der Waals surface area contributed by atoms with Crippen molar-refractivity contribution in [1.29, 1.82) is 0 Å². The highest BCUT2D eigenvalue weighted by molar-refractivity contribution is 4.85. The molecule has 1 aromatic rings. The minimum atomic E-state index is -0.588. The summed E-state index contributed by atoms with van der Waals surface area (Å²) >= 11 is 0. The number of aliphatic hydroxyl groups excluding tert-OH is 1. The van der Waals surface area contributed by atoms with Gasteiger partial charge in [-0.15, -0.1) is 0 Å². The van der Waals surface area contributed by atoms with Crippen molar-refractivity contribution in [2.75, 3.05) is 0 Å². The van der Waals surface area contributed by atoms with E-state index in [1.165, 1.54) is 28.6 Å². The molecule has 5 heteroatoms. The van der Waals surface area contributed by atoms with Crippen LogP contribution in [0.25, 0.3) is 0 Å². The van der Waals surface area contributed by atoms with E-state index >= 15 is 0 Å². The summed E-state index contributed by atoms with van der Waals surface area (Å²) in [6, 6.07) is 0. The van der Waals surface area contributed by atoms with E-state index in [1.54, 1.807) is 0 Å². The monoisotopic (exact) mass is 212 g/mol. The largest absolute Gasteiger partial charge is 0.391 e. The van der Waals surface area contributed by atoms with Gasteiger partial charge < -0.3 is 14.2 Å². The molecule has 1 atom stereocenters. The number of hydrogen-bond donors (Lipinski definition) is 1. The molecule has 0 saturated carbocycles. The first kappa shape index (κ1) is 11.7. The summed E-state index contributed by atoms with van der Waals surface area (Å²) in [4.78, 5) is 22.7. The summed E-state index contributed by atoms with van der Waals surface area (Å²) in [7, 11) is 1.52. The van der Waals surface area contributed by atoms with Gasteiger partial charge in [-0.25, -0.2) is 0 Å². The Bertz CT molecular complexity index is 433. The maximum absolute atomic E-state index is 11.4. The van der Waals surface area contributed by atoms with Crippen LogP contribution in [0, 0.1) is 0 Å². The van der Waals surface area contributed by atoms with Gasteiger partial charge in [-0.05, 0) is 6.42 Å². The van der Waals surface area contributed by atoms with Gasteiger partial charge in [0.15, 0.2) is 0 Å². The molecule has 0 aliphatic heterocycles. The molecule has 0 aliphatic carbocycles. The lowest BCUT2D eigenvalue weighted by molar-refractivity contribution is 0.142. The molecule has 0 radical (unpaired) electrons. The number of aryl methyl sites for hydroxylation is 1. The summed E-state index contributed by atoms with van der Waals surface area (Å²) in [5.74, 6) is 0. The molecule has 0 amide bonds. The van der Waals surface area contributed by atoms with E-state index in [-0.39, 0.29) is 6.54 Å². The van der Waals surface area contributed by atoms with Crippen LogP contribution in [-0.2, 0) is 13.6 Å². The van der Waals surface area contributed by atoms with Gasteiger partial charge in [0.1, 0.15) is 0 Å². The Morgan fingerprint density at radius 3 is 2.60 bits per heavy atom. The zero-order valence-electron chi connectivity index (χ0n) is 9.01. The van der Waals surface area contributed by atoms with Crippen LogP contribution < -0.4 is 11.1 Å². The Labute approximate surface area is 87.6 Å². The minimum Gasteiger partial charge on any atom is -0.391 e. The highest BCUT2D eigenvalue weighted by Gasteiger charge is 2.07. The van der Waals surface area contributed by atoms with Gasteiger partial charge in [0.25, 0.3) is 0 Å². The minimum absolute atomic E-state index is 0.183. The normalized spacial score (nSPS) is 12.7. The number of rotatable bonds is 4. The first-order chi connectivity index (χ1) is 7.06. The first-order valence-corrected chi connectivity index (χ1v) is 5.00. The standard InChI is InChI=1S/C10H16N2O3/c1-3-4-8(13)7-12-6-5-11(2)9(14)10(12)15/h5-6,8,13H,3-4,7H2,1-2H3. The topological polar surface area (TPSA) is 64.2 Å². The molecule has 1 N–H and O–H groups in total. The molecule has 1 unspecified atom stereocenters. The number of aromatic nitrogens is 2. The van der Waals surface area contributed by atoms with Crippen LogP contribution in [0.5, 0.6) is 0 Å². The predicted molar refractivity (Wildman–Crippen MR) is 56.9 cm³/mol. The van der Waals surface area contributed by atoms with Crippen LogP contribution in [0.15, 0.2) is 22.0 Å². The molecule has 0 aromatic carbocycles. The first-order valence-electron chi connectivity index (χ1n) is 5.00. The van der Waals surface area contributed by atoms with Crippen molar-refractivity contribution >= 4 is 0 Å². The van der Waals surface area contributed by atoms with Crippen LogP contribution >= 0.6 is 0 Å². The van der Waals surface area contributed by atoms with Gasteiger partial charge in [0, 0.05) is 19.4 Å². The number of hydrogen-bond acceptors (Lipinski definition) is 3. The number of aliphatic hydroxyl groups is 1. The SMILES string of the molecule is CCCC(O)Cn1ccn(C)c(=O)c1=O. The molecule has 1 heterocycles. The van der Waals surface area contributed by atoms with E-state index in [0.717, 1.165) is 6.42 Å². The van der Waals surface area contributed by atoms with Crippen molar-refractivity contribution < 1.29 is 5.11 Å². The third-order valence-electron chi connectivity index (χ3n) is 2.26. The summed E-state index contributed by atoms with van der Waals surface area (Å²) in [5, 5.41) is 9.52. The summed E-state index contributed by atoms with van der Waals surface area (Å²) in [6.45, 7) is 2.14. The third kappa shape index (κ3) is 2.79. The van der Waals surface area contributed by atoms with Gasteiger partial charge in [0.05, 0.1) is 12.6 Å². The Kier molecular flexibility index (Phi) is 3.85. The highest BCUT2D eigenvalue weighted by Crippen LogP contribution is 1.97.